The zero-order valence-corrected chi connectivity index (χ0v) is 8.93. The van der Waals surface area contributed by atoms with Crippen LogP contribution in [0.25, 0.3) is 6.08 Å². The van der Waals surface area contributed by atoms with Crippen LogP contribution in [-0.4, -0.2) is 16.9 Å². The van der Waals surface area contributed by atoms with Crippen LogP contribution in [0.1, 0.15) is 23.1 Å². The van der Waals surface area contributed by atoms with Gasteiger partial charge >= 0.3 is 5.97 Å². The van der Waals surface area contributed by atoms with Crippen molar-refractivity contribution >= 4 is 17.8 Å². The van der Waals surface area contributed by atoms with Crippen molar-refractivity contribution in [3.63, 3.8) is 0 Å². The minimum Gasteiger partial charge on any atom is -0.475 e. The van der Waals surface area contributed by atoms with Crippen LogP contribution in [-0.2, 0) is 16.0 Å². The minimum atomic E-state index is -1.42. The Kier molecular flexibility index (Phi) is 2.75. The van der Waals surface area contributed by atoms with Gasteiger partial charge in [-0.2, -0.15) is 5.26 Å². The van der Waals surface area contributed by atoms with Gasteiger partial charge in [0.2, 0.25) is 0 Å². The first-order chi connectivity index (χ1) is 8.11. The van der Waals surface area contributed by atoms with Crippen molar-refractivity contribution in [1.82, 2.24) is 0 Å². The summed E-state index contributed by atoms with van der Waals surface area (Å²) in [5.41, 5.74) is 2.69. The zero-order chi connectivity index (χ0) is 12.4. The fraction of sp³-hybridized carbons (Fsp3) is 0.154. The maximum atomic E-state index is 11.3. The second kappa shape index (κ2) is 4.22. The number of nitriles is 1. The summed E-state index contributed by atoms with van der Waals surface area (Å²) >= 11 is 0. The van der Waals surface area contributed by atoms with Gasteiger partial charge in [-0.3, -0.25) is 4.79 Å². The third-order valence-electron chi connectivity index (χ3n) is 2.75. The average molecular weight is 227 g/mol. The largest absolute Gasteiger partial charge is 0.475 e. The van der Waals surface area contributed by atoms with Crippen molar-refractivity contribution < 1.29 is 14.7 Å². The molecule has 4 heteroatoms. The number of benzene rings is 1. The van der Waals surface area contributed by atoms with Crippen LogP contribution >= 0.6 is 0 Å². The number of hydrogen-bond acceptors (Lipinski definition) is 3. The average Bonchev–Trinajstić information content (AvgIpc) is 2.36. The molecule has 0 saturated carbocycles. The Morgan fingerprint density at radius 2 is 2.06 bits per heavy atom. The molecular formula is C13H9NO3. The number of fused-ring (bicyclic) bond motifs is 1. The highest BCUT2D eigenvalue weighted by molar-refractivity contribution is 6.40. The smallest absolute Gasteiger partial charge is 0.376 e. The number of carbonyl (C=O) groups is 2. The fourth-order valence-corrected chi connectivity index (χ4v) is 1.88. The predicted octanol–water partition coefficient (Wildman–Crippen LogP) is 1.54. The van der Waals surface area contributed by atoms with Crippen LogP contribution in [0.15, 0.2) is 23.8 Å². The molecule has 2 rings (SSSR count). The van der Waals surface area contributed by atoms with E-state index in [9.17, 15) is 9.59 Å². The molecule has 0 aromatic heterocycles. The normalized spacial score (nSPS) is 13.2. The van der Waals surface area contributed by atoms with Crippen LogP contribution in [0.3, 0.4) is 0 Å². The van der Waals surface area contributed by atoms with Gasteiger partial charge in [-0.25, -0.2) is 4.79 Å². The van der Waals surface area contributed by atoms with Crippen molar-refractivity contribution in [2.75, 3.05) is 0 Å². The van der Waals surface area contributed by atoms with E-state index in [4.69, 9.17) is 10.4 Å². The first kappa shape index (κ1) is 11.1. The maximum Gasteiger partial charge on any atom is 0.376 e. The molecule has 0 amide bonds. The van der Waals surface area contributed by atoms with Crippen molar-refractivity contribution in [2.45, 2.75) is 12.8 Å². The van der Waals surface area contributed by atoms with Gasteiger partial charge in [-0.15, -0.1) is 0 Å². The molecule has 0 atom stereocenters. The van der Waals surface area contributed by atoms with Gasteiger partial charge in [0.05, 0.1) is 11.6 Å². The van der Waals surface area contributed by atoms with E-state index in [1.54, 1.807) is 24.3 Å². The number of carbonyl (C=O) groups excluding carboxylic acids is 1. The monoisotopic (exact) mass is 227 g/mol. The van der Waals surface area contributed by atoms with Gasteiger partial charge in [0.1, 0.15) is 0 Å². The summed E-state index contributed by atoms with van der Waals surface area (Å²) in [6, 6.07) is 7.21. The second-order valence-corrected chi connectivity index (χ2v) is 3.83. The standard InChI is InChI=1S/C13H9NO3/c14-7-8-1-2-10-6-11(12(15)13(16)17)4-3-9(10)5-8/h1-2,5-6H,3-4H2,(H,16,17). The van der Waals surface area contributed by atoms with Crippen LogP contribution in [0.4, 0.5) is 0 Å². The summed E-state index contributed by atoms with van der Waals surface area (Å²) in [6.07, 6.45) is 2.60. The summed E-state index contributed by atoms with van der Waals surface area (Å²) in [6.45, 7) is 0. The highest BCUT2D eigenvalue weighted by Crippen LogP contribution is 2.25. The Balaban J connectivity index is 2.40. The first-order valence-electron chi connectivity index (χ1n) is 5.13. The highest BCUT2D eigenvalue weighted by atomic mass is 16.4. The van der Waals surface area contributed by atoms with Gasteiger partial charge in [0, 0.05) is 5.57 Å². The molecule has 1 N–H and O–H groups in total. The molecule has 0 heterocycles. The van der Waals surface area contributed by atoms with Crippen LogP contribution < -0.4 is 0 Å². The van der Waals surface area contributed by atoms with Crippen molar-refractivity contribution in [3.05, 3.63) is 40.5 Å². The molecule has 17 heavy (non-hydrogen) atoms. The Morgan fingerprint density at radius 3 is 2.71 bits per heavy atom. The number of aliphatic carboxylic acids is 1. The van der Waals surface area contributed by atoms with E-state index >= 15 is 0 Å². The Labute approximate surface area is 97.8 Å². The lowest BCUT2D eigenvalue weighted by Gasteiger charge is -2.14. The van der Waals surface area contributed by atoms with Crippen LogP contribution in [0, 0.1) is 11.3 Å². The molecule has 0 saturated heterocycles. The van der Waals surface area contributed by atoms with Crippen molar-refractivity contribution in [3.8, 4) is 6.07 Å². The number of Topliss-reactive ketones (excluding diaryl/α,β-unsaturated/α-hetero) is 1. The molecule has 1 aliphatic rings. The van der Waals surface area contributed by atoms with E-state index in [0.717, 1.165) is 11.1 Å². The quantitative estimate of drug-likeness (QED) is 0.777. The van der Waals surface area contributed by atoms with Gasteiger partial charge in [0.15, 0.2) is 0 Å². The van der Waals surface area contributed by atoms with Crippen molar-refractivity contribution in [2.24, 2.45) is 0 Å². The van der Waals surface area contributed by atoms with Gasteiger partial charge < -0.3 is 5.11 Å². The topological polar surface area (TPSA) is 78.2 Å². The Bertz CT molecular complexity index is 579. The molecule has 0 fully saturated rings. The number of carboxylic acids is 1. The lowest BCUT2D eigenvalue weighted by Crippen LogP contribution is -2.17. The number of aryl methyl sites for hydroxylation is 1. The minimum absolute atomic E-state index is 0.315. The third kappa shape index (κ3) is 2.08. The van der Waals surface area contributed by atoms with Crippen molar-refractivity contribution in [1.29, 1.82) is 5.26 Å². The number of hydrogen-bond donors (Lipinski definition) is 1. The van der Waals surface area contributed by atoms with E-state index in [2.05, 4.69) is 0 Å². The molecule has 1 aromatic carbocycles. The van der Waals surface area contributed by atoms with E-state index in [1.807, 2.05) is 6.07 Å². The molecule has 0 bridgehead atoms. The summed E-state index contributed by atoms with van der Waals surface area (Å²) in [7, 11) is 0. The van der Waals surface area contributed by atoms with Crippen LogP contribution in [0.2, 0.25) is 0 Å². The van der Waals surface area contributed by atoms with E-state index in [0.29, 0.717) is 24.0 Å². The summed E-state index contributed by atoms with van der Waals surface area (Å²) in [5.74, 6) is -2.27. The first-order valence-corrected chi connectivity index (χ1v) is 5.13. The molecule has 0 spiro atoms. The predicted molar refractivity (Wildman–Crippen MR) is 60.1 cm³/mol. The highest BCUT2D eigenvalue weighted by Gasteiger charge is 2.21. The fourth-order valence-electron chi connectivity index (χ4n) is 1.88. The molecule has 1 aromatic rings. The zero-order valence-electron chi connectivity index (χ0n) is 8.93. The van der Waals surface area contributed by atoms with Crippen LogP contribution in [0.5, 0.6) is 0 Å². The van der Waals surface area contributed by atoms with Gasteiger partial charge in [-0.05, 0) is 42.2 Å². The molecule has 4 nitrogen and oxygen atoms in total. The molecule has 0 radical (unpaired) electrons. The lowest BCUT2D eigenvalue weighted by atomic mass is 9.89. The Hall–Kier alpha value is -2.41. The summed E-state index contributed by atoms with van der Waals surface area (Å²) < 4.78 is 0. The van der Waals surface area contributed by atoms with E-state index in [1.165, 1.54) is 0 Å². The molecule has 84 valence electrons. The van der Waals surface area contributed by atoms with Gasteiger partial charge in [-0.1, -0.05) is 6.07 Å². The molecule has 0 aliphatic heterocycles. The SMILES string of the molecule is N#Cc1ccc2c(c1)CCC(C(=O)C(=O)O)=C2. The van der Waals surface area contributed by atoms with E-state index in [-0.39, 0.29) is 0 Å². The molecular weight excluding hydrogens is 218 g/mol. The number of ketones is 1. The second-order valence-electron chi connectivity index (χ2n) is 3.83. The third-order valence-corrected chi connectivity index (χ3v) is 2.75. The Morgan fingerprint density at radius 1 is 1.29 bits per heavy atom. The summed E-state index contributed by atoms with van der Waals surface area (Å²) in [4.78, 5) is 21.9. The maximum absolute atomic E-state index is 11.3. The molecule has 0 unspecified atom stereocenters. The number of nitrogens with zero attached hydrogens (tertiary/aromatic N) is 1. The molecule has 1 aliphatic carbocycles. The lowest BCUT2D eigenvalue weighted by molar-refractivity contribution is -0.147. The number of rotatable bonds is 2. The van der Waals surface area contributed by atoms with E-state index < -0.39 is 11.8 Å². The summed E-state index contributed by atoms with van der Waals surface area (Å²) in [5, 5.41) is 17.4. The number of carboxylic acid groups (broad SMARTS) is 1. The van der Waals surface area contributed by atoms with Gasteiger partial charge in [0.25, 0.3) is 5.78 Å².